The first-order valence-corrected chi connectivity index (χ1v) is 6.00. The molecular formula is C12H15N3O5. The van der Waals surface area contributed by atoms with Crippen molar-refractivity contribution in [3.8, 4) is 0 Å². The van der Waals surface area contributed by atoms with E-state index in [0.717, 1.165) is 0 Å². The summed E-state index contributed by atoms with van der Waals surface area (Å²) in [5, 5.41) is 18.4. The monoisotopic (exact) mass is 281 g/mol. The molecule has 0 fully saturated rings. The van der Waals surface area contributed by atoms with Gasteiger partial charge in [0.2, 0.25) is 0 Å². The van der Waals surface area contributed by atoms with Crippen molar-refractivity contribution < 1.29 is 24.2 Å². The number of aliphatic carboxylic acids is 1. The first-order valence-electron chi connectivity index (χ1n) is 6.00. The average Bonchev–Trinajstić information content (AvgIpc) is 2.44. The highest BCUT2D eigenvalue weighted by Crippen LogP contribution is 2.02. The summed E-state index contributed by atoms with van der Waals surface area (Å²) in [4.78, 5) is 34.0. The second-order valence-electron chi connectivity index (χ2n) is 3.84. The number of carboxylic acid groups (broad SMARTS) is 1. The van der Waals surface area contributed by atoms with Crippen LogP contribution in [-0.4, -0.2) is 45.8 Å². The van der Waals surface area contributed by atoms with Crippen molar-refractivity contribution >= 4 is 17.8 Å². The number of nitrogens with zero attached hydrogens (tertiary/aromatic N) is 2. The molecule has 0 aromatic carbocycles. The first kappa shape index (κ1) is 15.5. The molecule has 1 heterocycles. The maximum Gasteiger partial charge on any atom is 0.326 e. The van der Waals surface area contributed by atoms with Crippen molar-refractivity contribution in [1.82, 2.24) is 15.5 Å². The molecule has 1 atom stereocenters. The third-order valence-corrected chi connectivity index (χ3v) is 2.39. The lowest BCUT2D eigenvalue weighted by atomic mass is 10.1. The Bertz CT molecular complexity index is 477. The third kappa shape index (κ3) is 5.01. The van der Waals surface area contributed by atoms with E-state index in [-0.39, 0.29) is 25.0 Å². The van der Waals surface area contributed by atoms with Gasteiger partial charge in [-0.25, -0.2) is 4.79 Å². The number of nitrogens with one attached hydrogen (secondary N) is 1. The van der Waals surface area contributed by atoms with Gasteiger partial charge < -0.3 is 15.2 Å². The van der Waals surface area contributed by atoms with Gasteiger partial charge in [0.15, 0.2) is 0 Å². The molecule has 0 saturated carbocycles. The Hall–Kier alpha value is -2.51. The molecule has 0 unspecified atom stereocenters. The van der Waals surface area contributed by atoms with Crippen LogP contribution in [0.3, 0.4) is 0 Å². The fraction of sp³-hybridized carbons (Fsp3) is 0.417. The van der Waals surface area contributed by atoms with Gasteiger partial charge in [-0.3, -0.25) is 9.59 Å². The zero-order valence-corrected chi connectivity index (χ0v) is 10.9. The van der Waals surface area contributed by atoms with E-state index in [1.165, 1.54) is 18.5 Å². The summed E-state index contributed by atoms with van der Waals surface area (Å²) in [6, 6.07) is 0.243. The predicted octanol–water partition coefficient (Wildman–Crippen LogP) is 0.00290. The third-order valence-electron chi connectivity index (χ3n) is 2.39. The SMILES string of the molecule is CCOC(=O)CC[C@H](NC(=O)c1ccnnc1)C(=O)O. The van der Waals surface area contributed by atoms with Gasteiger partial charge in [-0.1, -0.05) is 0 Å². The Morgan fingerprint density at radius 2 is 2.15 bits per heavy atom. The van der Waals surface area contributed by atoms with Gasteiger partial charge in [0, 0.05) is 6.42 Å². The summed E-state index contributed by atoms with van der Waals surface area (Å²) in [5.74, 6) is -2.31. The molecule has 0 aliphatic rings. The topological polar surface area (TPSA) is 118 Å². The van der Waals surface area contributed by atoms with Crippen LogP contribution in [0.1, 0.15) is 30.1 Å². The van der Waals surface area contributed by atoms with Gasteiger partial charge >= 0.3 is 11.9 Å². The number of carbonyl (C=O) groups excluding carboxylic acids is 2. The Morgan fingerprint density at radius 1 is 1.40 bits per heavy atom. The minimum atomic E-state index is -1.22. The van der Waals surface area contributed by atoms with E-state index in [9.17, 15) is 14.4 Å². The average molecular weight is 281 g/mol. The highest BCUT2D eigenvalue weighted by molar-refractivity contribution is 5.96. The van der Waals surface area contributed by atoms with Crippen LogP contribution in [0.2, 0.25) is 0 Å². The van der Waals surface area contributed by atoms with Crippen LogP contribution in [0.4, 0.5) is 0 Å². The second-order valence-corrected chi connectivity index (χ2v) is 3.84. The van der Waals surface area contributed by atoms with Crippen LogP contribution in [0.5, 0.6) is 0 Å². The molecule has 1 aromatic rings. The summed E-state index contributed by atoms with van der Waals surface area (Å²) < 4.78 is 4.70. The van der Waals surface area contributed by atoms with Crippen LogP contribution in [0.25, 0.3) is 0 Å². The number of hydrogen-bond acceptors (Lipinski definition) is 6. The minimum absolute atomic E-state index is 0.0432. The predicted molar refractivity (Wildman–Crippen MR) is 66.8 cm³/mol. The Morgan fingerprint density at radius 3 is 2.70 bits per heavy atom. The lowest BCUT2D eigenvalue weighted by Crippen LogP contribution is -2.41. The first-order chi connectivity index (χ1) is 9.54. The van der Waals surface area contributed by atoms with E-state index < -0.39 is 23.9 Å². The zero-order valence-electron chi connectivity index (χ0n) is 10.9. The number of esters is 1. The largest absolute Gasteiger partial charge is 0.480 e. The number of ether oxygens (including phenoxy) is 1. The molecule has 1 amide bonds. The molecular weight excluding hydrogens is 266 g/mol. The molecule has 108 valence electrons. The number of carbonyl (C=O) groups is 3. The van der Waals surface area contributed by atoms with Crippen LogP contribution in [0, 0.1) is 0 Å². The number of rotatable bonds is 7. The zero-order chi connectivity index (χ0) is 15.0. The van der Waals surface area contributed by atoms with Gasteiger partial charge in [0.1, 0.15) is 6.04 Å². The van der Waals surface area contributed by atoms with Crippen molar-refractivity contribution in [3.63, 3.8) is 0 Å². The number of amides is 1. The smallest absolute Gasteiger partial charge is 0.326 e. The molecule has 0 saturated heterocycles. The molecule has 1 rings (SSSR count). The van der Waals surface area contributed by atoms with E-state index in [1.54, 1.807) is 6.92 Å². The van der Waals surface area contributed by atoms with Gasteiger partial charge in [-0.05, 0) is 19.4 Å². The lowest BCUT2D eigenvalue weighted by molar-refractivity contribution is -0.144. The highest BCUT2D eigenvalue weighted by atomic mass is 16.5. The van der Waals surface area contributed by atoms with Gasteiger partial charge in [-0.2, -0.15) is 10.2 Å². The maximum absolute atomic E-state index is 11.8. The summed E-state index contributed by atoms with van der Waals surface area (Å²) in [5.41, 5.74) is 0.197. The molecule has 0 aliphatic heterocycles. The highest BCUT2D eigenvalue weighted by Gasteiger charge is 2.22. The fourth-order valence-corrected chi connectivity index (χ4v) is 1.42. The molecule has 0 aliphatic carbocycles. The van der Waals surface area contributed by atoms with Crippen molar-refractivity contribution in [2.24, 2.45) is 0 Å². The van der Waals surface area contributed by atoms with Crippen LogP contribution in [0.15, 0.2) is 18.5 Å². The molecule has 1 aromatic heterocycles. The summed E-state index contributed by atoms with van der Waals surface area (Å²) in [6.45, 7) is 1.89. The minimum Gasteiger partial charge on any atom is -0.480 e. The number of hydrogen-bond donors (Lipinski definition) is 2. The second kappa shape index (κ2) is 7.82. The van der Waals surface area contributed by atoms with Gasteiger partial charge in [-0.15, -0.1) is 0 Å². The number of carboxylic acids is 1. The summed E-state index contributed by atoms with van der Waals surface area (Å²) in [7, 11) is 0. The van der Waals surface area contributed by atoms with Crippen LogP contribution in [-0.2, 0) is 14.3 Å². The normalized spacial score (nSPS) is 11.4. The molecule has 8 heteroatoms. The Balaban J connectivity index is 2.57. The maximum atomic E-state index is 11.8. The molecule has 0 radical (unpaired) electrons. The van der Waals surface area contributed by atoms with Crippen molar-refractivity contribution in [3.05, 3.63) is 24.0 Å². The van der Waals surface area contributed by atoms with Gasteiger partial charge in [0.25, 0.3) is 5.91 Å². The Labute approximate surface area is 115 Å². The fourth-order valence-electron chi connectivity index (χ4n) is 1.42. The van der Waals surface area contributed by atoms with E-state index in [0.29, 0.717) is 0 Å². The molecule has 8 nitrogen and oxygen atoms in total. The van der Waals surface area contributed by atoms with Crippen LogP contribution >= 0.6 is 0 Å². The van der Waals surface area contributed by atoms with E-state index in [1.807, 2.05) is 0 Å². The van der Waals surface area contributed by atoms with E-state index in [4.69, 9.17) is 9.84 Å². The molecule has 2 N–H and O–H groups in total. The van der Waals surface area contributed by atoms with E-state index in [2.05, 4.69) is 15.5 Å². The van der Waals surface area contributed by atoms with Crippen LogP contribution < -0.4 is 5.32 Å². The quantitative estimate of drug-likeness (QED) is 0.675. The van der Waals surface area contributed by atoms with Crippen molar-refractivity contribution in [2.45, 2.75) is 25.8 Å². The van der Waals surface area contributed by atoms with Crippen molar-refractivity contribution in [1.29, 1.82) is 0 Å². The molecule has 20 heavy (non-hydrogen) atoms. The van der Waals surface area contributed by atoms with E-state index >= 15 is 0 Å². The lowest BCUT2D eigenvalue weighted by Gasteiger charge is -2.13. The summed E-state index contributed by atoms with van der Waals surface area (Å²) >= 11 is 0. The Kier molecular flexibility index (Phi) is 6.08. The van der Waals surface area contributed by atoms with Crippen molar-refractivity contribution in [2.75, 3.05) is 6.61 Å². The molecule has 0 bridgehead atoms. The van der Waals surface area contributed by atoms with Gasteiger partial charge in [0.05, 0.1) is 24.6 Å². The number of aromatic nitrogens is 2. The standard InChI is InChI=1S/C12H15N3O5/c1-2-20-10(16)4-3-9(12(18)19)15-11(17)8-5-6-13-14-7-8/h5-7,9H,2-4H2,1H3,(H,15,17)(H,18,19)/t9-/m0/s1. The molecule has 0 spiro atoms. The summed E-state index contributed by atoms with van der Waals surface area (Å²) in [6.07, 6.45) is 2.42.